The van der Waals surface area contributed by atoms with Gasteiger partial charge in [0.25, 0.3) is 15.9 Å². The first-order valence-electron chi connectivity index (χ1n) is 14.2. The number of amides is 1. The van der Waals surface area contributed by atoms with Gasteiger partial charge >= 0.3 is 5.97 Å². The zero-order valence-corrected chi connectivity index (χ0v) is 26.3. The number of hydrogen-bond acceptors (Lipinski definition) is 7. The maximum absolute atomic E-state index is 14.1. The third-order valence-corrected chi connectivity index (χ3v) is 10.1. The average Bonchev–Trinajstić information content (AvgIpc) is 3.66. The minimum atomic E-state index is -4.03. The molecule has 45 heavy (non-hydrogen) atoms. The summed E-state index contributed by atoms with van der Waals surface area (Å²) in [7, 11) is -4.03. The summed E-state index contributed by atoms with van der Waals surface area (Å²) in [6.45, 7) is 4.18. The molecule has 2 aromatic heterocycles. The van der Waals surface area contributed by atoms with Gasteiger partial charge in [-0.2, -0.15) is 5.26 Å². The Morgan fingerprint density at radius 3 is 2.47 bits per heavy atom. The predicted molar refractivity (Wildman–Crippen MR) is 172 cm³/mol. The molecule has 2 N–H and O–H groups in total. The number of thiophene rings is 1. The van der Waals surface area contributed by atoms with Crippen LogP contribution >= 0.6 is 11.3 Å². The van der Waals surface area contributed by atoms with Crippen LogP contribution in [0.3, 0.4) is 0 Å². The maximum atomic E-state index is 14.1. The van der Waals surface area contributed by atoms with Crippen molar-refractivity contribution in [1.29, 1.82) is 5.26 Å². The Bertz CT molecular complexity index is 1980. The molecule has 2 heterocycles. The standard InChI is InChI=1S/C33H31N5O5S2/c1-22(2)14-29(33(40)41)36-32(39)31-16-25-15-26(12-13-30(25)44-31)38(45(42,43)28-6-4-3-5-7-28)20-27-18-35-21-37(27)19-24-10-8-23(17-34)9-11-24/h3-13,15-16,18,21-22,29H,14,19-20H2,1-2H3,(H,36,39)(H,40,41)/t29-/m0/s1. The molecule has 0 radical (unpaired) electrons. The predicted octanol–water partition coefficient (Wildman–Crippen LogP) is 5.64. The molecule has 230 valence electrons. The third-order valence-electron chi connectivity index (χ3n) is 7.19. The Balaban J connectivity index is 1.48. The van der Waals surface area contributed by atoms with Crippen LogP contribution in [-0.4, -0.2) is 41.0 Å². The maximum Gasteiger partial charge on any atom is 0.326 e. The molecule has 0 aliphatic heterocycles. The Labute approximate surface area is 265 Å². The van der Waals surface area contributed by atoms with E-state index in [9.17, 15) is 23.1 Å². The number of carboxylic acids is 1. The molecule has 0 spiro atoms. The molecule has 0 saturated carbocycles. The van der Waals surface area contributed by atoms with E-state index in [1.165, 1.54) is 27.8 Å². The topological polar surface area (TPSA) is 145 Å². The molecule has 12 heteroatoms. The van der Waals surface area contributed by atoms with Crippen molar-refractivity contribution in [1.82, 2.24) is 14.9 Å². The van der Waals surface area contributed by atoms with E-state index < -0.39 is 27.9 Å². The number of aliphatic carboxylic acids is 1. The monoisotopic (exact) mass is 641 g/mol. The zero-order chi connectivity index (χ0) is 32.1. The number of carboxylic acid groups (broad SMARTS) is 1. The number of carbonyl (C=O) groups is 2. The number of nitrogens with one attached hydrogen (secondary N) is 1. The number of imidazole rings is 1. The Morgan fingerprint density at radius 2 is 1.80 bits per heavy atom. The summed E-state index contributed by atoms with van der Waals surface area (Å²) in [5.74, 6) is -1.51. The van der Waals surface area contributed by atoms with Gasteiger partial charge in [-0.3, -0.25) is 9.10 Å². The molecule has 0 unspecified atom stereocenters. The summed E-state index contributed by atoms with van der Waals surface area (Å²) in [5.41, 5.74) is 2.51. The Hall–Kier alpha value is -4.99. The Kier molecular flexibility index (Phi) is 9.32. The van der Waals surface area contributed by atoms with Crippen molar-refractivity contribution in [3.63, 3.8) is 0 Å². The minimum absolute atomic E-state index is 0.0218. The number of aromatic nitrogens is 2. The summed E-state index contributed by atoms with van der Waals surface area (Å²) in [6, 6.07) is 23.2. The molecule has 0 bridgehead atoms. The van der Waals surface area contributed by atoms with Crippen molar-refractivity contribution in [2.24, 2.45) is 5.92 Å². The number of nitrogens with zero attached hydrogens (tertiary/aromatic N) is 4. The molecule has 0 saturated heterocycles. The molecular weight excluding hydrogens is 611 g/mol. The van der Waals surface area contributed by atoms with Crippen LogP contribution in [0.5, 0.6) is 0 Å². The number of sulfonamides is 1. The number of anilines is 1. The number of benzene rings is 3. The fourth-order valence-corrected chi connectivity index (χ4v) is 7.30. The minimum Gasteiger partial charge on any atom is -0.480 e. The summed E-state index contributed by atoms with van der Waals surface area (Å²) >= 11 is 1.21. The fourth-order valence-electron chi connectivity index (χ4n) is 4.91. The summed E-state index contributed by atoms with van der Waals surface area (Å²) in [5, 5.41) is 21.9. The first kappa shape index (κ1) is 31.4. The van der Waals surface area contributed by atoms with Gasteiger partial charge in [-0.05, 0) is 71.8 Å². The third kappa shape index (κ3) is 7.22. The zero-order valence-electron chi connectivity index (χ0n) is 24.6. The number of carbonyl (C=O) groups excluding carboxylic acids is 1. The van der Waals surface area contributed by atoms with E-state index in [1.807, 2.05) is 30.5 Å². The van der Waals surface area contributed by atoms with Gasteiger partial charge in [0.05, 0.1) is 45.7 Å². The molecule has 5 rings (SSSR count). The van der Waals surface area contributed by atoms with E-state index in [0.717, 1.165) is 10.3 Å². The van der Waals surface area contributed by atoms with Crippen LogP contribution in [0.25, 0.3) is 10.1 Å². The smallest absolute Gasteiger partial charge is 0.326 e. The van der Waals surface area contributed by atoms with E-state index in [-0.39, 0.29) is 17.4 Å². The van der Waals surface area contributed by atoms with Gasteiger partial charge in [0.2, 0.25) is 0 Å². The molecule has 1 atom stereocenters. The molecule has 5 aromatic rings. The summed E-state index contributed by atoms with van der Waals surface area (Å²) in [4.78, 5) is 29.4. The van der Waals surface area contributed by atoms with E-state index in [2.05, 4.69) is 16.4 Å². The molecule has 0 fully saturated rings. The highest BCUT2D eigenvalue weighted by Gasteiger charge is 2.27. The molecule has 3 aromatic carbocycles. The van der Waals surface area contributed by atoms with E-state index in [4.69, 9.17) is 5.26 Å². The lowest BCUT2D eigenvalue weighted by atomic mass is 10.0. The highest BCUT2D eigenvalue weighted by molar-refractivity contribution is 7.92. The quantitative estimate of drug-likeness (QED) is 0.179. The molecule has 10 nitrogen and oxygen atoms in total. The molecule has 0 aliphatic carbocycles. The first-order valence-corrected chi connectivity index (χ1v) is 16.4. The largest absolute Gasteiger partial charge is 0.480 e. The first-order chi connectivity index (χ1) is 21.5. The molecular formula is C33H31N5O5S2. The van der Waals surface area contributed by atoms with Crippen LogP contribution in [0.1, 0.15) is 46.8 Å². The van der Waals surface area contributed by atoms with Crippen molar-refractivity contribution in [2.75, 3.05) is 4.31 Å². The second-order valence-corrected chi connectivity index (χ2v) is 13.9. The van der Waals surface area contributed by atoms with Crippen LogP contribution < -0.4 is 9.62 Å². The number of hydrogen-bond donors (Lipinski definition) is 2. The highest BCUT2D eigenvalue weighted by atomic mass is 32.2. The van der Waals surface area contributed by atoms with Gasteiger partial charge < -0.3 is 15.0 Å². The number of nitriles is 1. The normalized spacial score (nSPS) is 12.1. The highest BCUT2D eigenvalue weighted by Crippen LogP contribution is 2.33. The summed E-state index contributed by atoms with van der Waals surface area (Å²) in [6.07, 6.45) is 3.56. The lowest BCUT2D eigenvalue weighted by Crippen LogP contribution is -2.41. The van der Waals surface area contributed by atoms with Crippen LogP contribution in [-0.2, 0) is 27.9 Å². The second-order valence-electron chi connectivity index (χ2n) is 11.0. The fraction of sp³-hybridized carbons (Fsp3) is 0.212. The van der Waals surface area contributed by atoms with Gasteiger partial charge in [0.15, 0.2) is 0 Å². The van der Waals surface area contributed by atoms with Crippen molar-refractivity contribution in [3.8, 4) is 6.07 Å². The Morgan fingerprint density at radius 1 is 1.07 bits per heavy atom. The van der Waals surface area contributed by atoms with E-state index in [1.54, 1.807) is 67.1 Å². The van der Waals surface area contributed by atoms with Gasteiger partial charge in [0.1, 0.15) is 6.04 Å². The molecule has 1 amide bonds. The molecule has 0 aliphatic rings. The SMILES string of the molecule is CC(C)C[C@H](NC(=O)c1cc2cc(N(Cc3cncn3Cc3ccc(C#N)cc3)S(=O)(=O)c3ccccc3)ccc2s1)C(=O)O. The van der Waals surface area contributed by atoms with Crippen molar-refractivity contribution in [3.05, 3.63) is 113 Å². The number of fused-ring (bicyclic) bond motifs is 1. The van der Waals surface area contributed by atoms with E-state index >= 15 is 0 Å². The van der Waals surface area contributed by atoms with Gasteiger partial charge in [0, 0.05) is 17.4 Å². The lowest BCUT2D eigenvalue weighted by Gasteiger charge is -2.25. The van der Waals surface area contributed by atoms with Crippen molar-refractivity contribution >= 4 is 49.0 Å². The average molecular weight is 642 g/mol. The lowest BCUT2D eigenvalue weighted by molar-refractivity contribution is -0.139. The van der Waals surface area contributed by atoms with Crippen LogP contribution in [0.15, 0.2) is 96.3 Å². The van der Waals surface area contributed by atoms with Gasteiger partial charge in [-0.15, -0.1) is 11.3 Å². The second kappa shape index (κ2) is 13.3. The van der Waals surface area contributed by atoms with Crippen molar-refractivity contribution < 1.29 is 23.1 Å². The van der Waals surface area contributed by atoms with E-state index in [0.29, 0.717) is 40.2 Å². The van der Waals surface area contributed by atoms with Gasteiger partial charge in [-0.1, -0.05) is 44.2 Å². The van der Waals surface area contributed by atoms with Crippen LogP contribution in [0, 0.1) is 17.2 Å². The van der Waals surface area contributed by atoms with Crippen LogP contribution in [0.4, 0.5) is 5.69 Å². The van der Waals surface area contributed by atoms with Crippen molar-refractivity contribution in [2.45, 2.75) is 44.3 Å². The summed E-state index contributed by atoms with van der Waals surface area (Å²) < 4.78 is 32.1. The van der Waals surface area contributed by atoms with Crippen LogP contribution in [0.2, 0.25) is 0 Å². The number of rotatable bonds is 12. The van der Waals surface area contributed by atoms with Gasteiger partial charge in [-0.25, -0.2) is 18.2 Å².